The van der Waals surface area contributed by atoms with E-state index >= 15 is 0 Å². The Hall–Kier alpha value is -6.56. The van der Waals surface area contributed by atoms with E-state index in [2.05, 4.69) is 33.2 Å². The number of aryl methyl sites for hydroxylation is 1. The Labute approximate surface area is 357 Å². The van der Waals surface area contributed by atoms with Gasteiger partial charge in [0.25, 0.3) is 0 Å². The number of carboxylic acid groups (broad SMARTS) is 1. The molecule has 4 aromatic rings. The molecule has 0 saturated heterocycles. The zero-order valence-corrected chi connectivity index (χ0v) is 34.5. The van der Waals surface area contributed by atoms with Gasteiger partial charge in [0.05, 0.1) is 0 Å². The van der Waals surface area contributed by atoms with E-state index in [9.17, 15) is 33.9 Å². The van der Waals surface area contributed by atoms with Crippen LogP contribution in [0.4, 0.5) is 5.69 Å². The second-order valence-corrected chi connectivity index (χ2v) is 16.1. The van der Waals surface area contributed by atoms with Crippen molar-refractivity contribution in [2.24, 2.45) is 5.92 Å². The summed E-state index contributed by atoms with van der Waals surface area (Å²) in [4.78, 5) is 82.5. The molecule has 5 amide bonds. The van der Waals surface area contributed by atoms with Crippen LogP contribution in [0.2, 0.25) is 0 Å². The van der Waals surface area contributed by atoms with Crippen molar-refractivity contribution in [2.45, 2.75) is 101 Å². The number of carbonyl (C=O) groups excluding carboxylic acids is 5. The van der Waals surface area contributed by atoms with Crippen molar-refractivity contribution in [1.82, 2.24) is 21.3 Å². The molecule has 6 N–H and O–H groups in total. The van der Waals surface area contributed by atoms with Crippen LogP contribution in [0, 0.1) is 5.92 Å². The maximum Gasteiger partial charge on any atom is 0.326 e. The molecular weight excluding hydrogens is 771 g/mol. The van der Waals surface area contributed by atoms with Crippen molar-refractivity contribution in [1.29, 1.82) is 0 Å². The molecule has 3 aliphatic rings. The van der Waals surface area contributed by atoms with Crippen LogP contribution in [0.15, 0.2) is 121 Å². The highest BCUT2D eigenvalue weighted by Gasteiger charge is 2.36. The van der Waals surface area contributed by atoms with Gasteiger partial charge in [-0.1, -0.05) is 130 Å². The summed E-state index contributed by atoms with van der Waals surface area (Å²) in [5, 5.41) is 24.3. The van der Waals surface area contributed by atoms with E-state index in [0.29, 0.717) is 23.2 Å². The van der Waals surface area contributed by atoms with Crippen LogP contribution in [0.25, 0.3) is 11.1 Å². The van der Waals surface area contributed by atoms with Crippen molar-refractivity contribution in [3.05, 3.63) is 138 Å². The molecule has 0 radical (unpaired) electrons. The number of benzene rings is 4. The molecule has 2 bridgehead atoms. The van der Waals surface area contributed by atoms with E-state index < -0.39 is 65.6 Å². The van der Waals surface area contributed by atoms with E-state index in [0.717, 1.165) is 54.4 Å². The van der Waals surface area contributed by atoms with Gasteiger partial charge in [-0.25, -0.2) is 4.79 Å². The lowest BCUT2D eigenvalue weighted by Gasteiger charge is -2.32. The number of rotatable bonds is 9. The van der Waals surface area contributed by atoms with Crippen LogP contribution >= 0.6 is 0 Å². The summed E-state index contributed by atoms with van der Waals surface area (Å²) in [5.74, 6) is -4.94. The van der Waals surface area contributed by atoms with Gasteiger partial charge in [0.1, 0.15) is 24.2 Å². The molecule has 318 valence electrons. The predicted molar refractivity (Wildman–Crippen MR) is 234 cm³/mol. The van der Waals surface area contributed by atoms with E-state index in [1.165, 1.54) is 0 Å². The van der Waals surface area contributed by atoms with E-state index in [-0.39, 0.29) is 31.6 Å². The highest BCUT2D eigenvalue weighted by atomic mass is 16.4. The third-order valence-electron chi connectivity index (χ3n) is 11.8. The first-order valence-electron chi connectivity index (χ1n) is 21.1. The van der Waals surface area contributed by atoms with Gasteiger partial charge >= 0.3 is 5.97 Å². The van der Waals surface area contributed by atoms with E-state index in [1.54, 1.807) is 31.2 Å². The summed E-state index contributed by atoms with van der Waals surface area (Å²) < 4.78 is 0. The third-order valence-corrected chi connectivity index (χ3v) is 11.8. The summed E-state index contributed by atoms with van der Waals surface area (Å²) in [7, 11) is 0. The largest absolute Gasteiger partial charge is 0.480 e. The lowest BCUT2D eigenvalue weighted by Crippen LogP contribution is -2.59. The summed E-state index contributed by atoms with van der Waals surface area (Å²) in [6, 6.07) is 28.4. The number of fused-ring (bicyclic) bond motifs is 18. The van der Waals surface area contributed by atoms with Gasteiger partial charge in [0.15, 0.2) is 0 Å². The maximum absolute atomic E-state index is 14.7. The highest BCUT2D eigenvalue weighted by molar-refractivity contribution is 5.98. The van der Waals surface area contributed by atoms with Crippen LogP contribution < -0.4 is 26.6 Å². The number of anilines is 1. The van der Waals surface area contributed by atoms with Gasteiger partial charge in [0.2, 0.25) is 29.5 Å². The molecule has 1 aliphatic carbocycles. The lowest BCUT2D eigenvalue weighted by atomic mass is 9.81. The predicted octanol–water partition coefficient (Wildman–Crippen LogP) is 6.23. The number of carbonyl (C=O) groups is 6. The molecule has 12 nitrogen and oxygen atoms in total. The average Bonchev–Trinajstić information content (AvgIpc) is 3.28. The number of aliphatic carboxylic acids is 1. The summed E-state index contributed by atoms with van der Waals surface area (Å²) >= 11 is 0. The molecule has 1 fully saturated rings. The molecule has 7 rings (SSSR count). The van der Waals surface area contributed by atoms with Crippen LogP contribution in [0.5, 0.6) is 0 Å². The Balaban J connectivity index is 1.37. The Morgan fingerprint density at radius 2 is 1.31 bits per heavy atom. The van der Waals surface area contributed by atoms with Crippen molar-refractivity contribution in [3.63, 3.8) is 0 Å². The molecule has 2 aliphatic heterocycles. The maximum atomic E-state index is 14.7. The first-order chi connectivity index (χ1) is 29.4. The van der Waals surface area contributed by atoms with Gasteiger partial charge in [-0.2, -0.15) is 0 Å². The Morgan fingerprint density at radius 3 is 1.97 bits per heavy atom. The van der Waals surface area contributed by atoms with E-state index in [4.69, 9.17) is 0 Å². The van der Waals surface area contributed by atoms with Crippen molar-refractivity contribution >= 4 is 41.2 Å². The van der Waals surface area contributed by atoms with Gasteiger partial charge in [-0.3, -0.25) is 24.0 Å². The fraction of sp³-hybridized carbons (Fsp3) is 0.347. The van der Waals surface area contributed by atoms with Crippen molar-refractivity contribution < 1.29 is 33.9 Å². The topological polar surface area (TPSA) is 183 Å². The Kier molecular flexibility index (Phi) is 15.2. The number of hydrogen-bond donors (Lipinski definition) is 6. The number of carboxylic acids is 1. The second-order valence-electron chi connectivity index (χ2n) is 16.1. The molecule has 5 atom stereocenters. The SMILES string of the molecule is C=C(C1CCCCC1)C1NC(=O)CCC(=O)Nc2ccc(cc2)CC(C(=O)O)NC(=O)C(CCc2ccccc2)NC(=O)C(C(C)c2ccc(-c3ccccc3)cc2)NC1=O. The molecule has 12 heteroatoms. The van der Waals surface area contributed by atoms with Crippen LogP contribution in [-0.2, 0) is 41.6 Å². The first kappa shape index (κ1) is 44.0. The summed E-state index contributed by atoms with van der Waals surface area (Å²) in [6.45, 7) is 6.11. The van der Waals surface area contributed by atoms with Gasteiger partial charge < -0.3 is 31.7 Å². The minimum absolute atomic E-state index is 0.0472. The van der Waals surface area contributed by atoms with Gasteiger partial charge in [-0.15, -0.1) is 0 Å². The van der Waals surface area contributed by atoms with Crippen molar-refractivity contribution in [3.8, 4) is 11.1 Å². The van der Waals surface area contributed by atoms with Crippen LogP contribution in [-0.4, -0.2) is 64.8 Å². The number of amides is 5. The minimum atomic E-state index is -1.35. The summed E-state index contributed by atoms with van der Waals surface area (Å²) in [6.07, 6.45) is 4.59. The van der Waals surface area contributed by atoms with Gasteiger partial charge in [0, 0.05) is 30.9 Å². The minimum Gasteiger partial charge on any atom is -0.480 e. The summed E-state index contributed by atoms with van der Waals surface area (Å²) in [5.41, 5.74) is 5.14. The molecule has 1 saturated carbocycles. The molecule has 4 aromatic carbocycles. The number of nitrogens with one attached hydrogen (secondary N) is 5. The number of hydrogen-bond acceptors (Lipinski definition) is 6. The average molecular weight is 826 g/mol. The molecule has 0 spiro atoms. The molecular formula is C49H55N5O7. The first-order valence-corrected chi connectivity index (χ1v) is 21.1. The zero-order chi connectivity index (χ0) is 43.3. The standard InChI is InChI=1S/C49H55N5O7/c1-31(35-14-8-4-9-15-35)44-48(59)54-45(32(2)36-21-23-38(24-22-36)37-16-10-5-11-17-37)47(58)51-40(27-20-33-12-6-3-7-13-33)46(57)52-41(49(60)61)30-34-18-25-39(26-19-34)50-42(55)28-29-43(56)53-44/h3,5-7,10-13,16-19,21-26,32,35,40-41,44-45H,1,4,8-9,14-15,20,27-30H2,2H3,(H,50,55)(H,51,58)(H,52,57)(H,53,56)(H,54,59)(H,60,61). The normalized spacial score (nSPS) is 21.7. The van der Waals surface area contributed by atoms with Crippen LogP contribution in [0.3, 0.4) is 0 Å². The molecule has 61 heavy (non-hydrogen) atoms. The Bertz CT molecular complexity index is 2170. The Morgan fingerprint density at radius 1 is 0.689 bits per heavy atom. The fourth-order valence-corrected chi connectivity index (χ4v) is 8.09. The third kappa shape index (κ3) is 12.3. The van der Waals surface area contributed by atoms with E-state index in [1.807, 2.05) is 84.9 Å². The quantitative estimate of drug-likeness (QED) is 0.0855. The fourth-order valence-electron chi connectivity index (χ4n) is 8.09. The lowest BCUT2D eigenvalue weighted by molar-refractivity contribution is -0.142. The highest BCUT2D eigenvalue weighted by Crippen LogP contribution is 2.31. The monoisotopic (exact) mass is 825 g/mol. The van der Waals surface area contributed by atoms with Crippen LogP contribution in [0.1, 0.15) is 80.9 Å². The zero-order valence-electron chi connectivity index (χ0n) is 34.5. The molecule has 0 aromatic heterocycles. The van der Waals surface area contributed by atoms with Gasteiger partial charge in [-0.05, 0) is 77.1 Å². The molecule has 2 heterocycles. The second kappa shape index (κ2) is 21.1. The van der Waals surface area contributed by atoms with Crippen molar-refractivity contribution in [2.75, 3.05) is 5.32 Å². The smallest absolute Gasteiger partial charge is 0.326 e. The molecule has 5 unspecified atom stereocenters.